The van der Waals surface area contributed by atoms with Crippen LogP contribution in [0.1, 0.15) is 25.7 Å². The summed E-state index contributed by atoms with van der Waals surface area (Å²) in [6, 6.07) is 9.14. The van der Waals surface area contributed by atoms with Gasteiger partial charge in [-0.3, -0.25) is 4.98 Å². The van der Waals surface area contributed by atoms with E-state index >= 15 is 0 Å². The SMILES string of the molecule is c1cncc(-c2ccc(N3CCC(N4CCCC4)CC3)nc2)c1. The van der Waals surface area contributed by atoms with Crippen molar-refractivity contribution in [3.05, 3.63) is 42.9 Å². The molecule has 0 N–H and O–H groups in total. The summed E-state index contributed by atoms with van der Waals surface area (Å²) in [4.78, 5) is 14.0. The molecule has 0 aliphatic carbocycles. The summed E-state index contributed by atoms with van der Waals surface area (Å²) in [5.41, 5.74) is 2.26. The summed E-state index contributed by atoms with van der Waals surface area (Å²) in [5, 5.41) is 0. The van der Waals surface area contributed by atoms with E-state index in [1.165, 1.54) is 38.8 Å². The van der Waals surface area contributed by atoms with E-state index in [-0.39, 0.29) is 0 Å². The maximum Gasteiger partial charge on any atom is 0.128 e. The molecule has 0 spiro atoms. The van der Waals surface area contributed by atoms with Crippen molar-refractivity contribution >= 4 is 5.82 Å². The van der Waals surface area contributed by atoms with Gasteiger partial charge in [0, 0.05) is 48.8 Å². The van der Waals surface area contributed by atoms with Crippen LogP contribution >= 0.6 is 0 Å². The summed E-state index contributed by atoms with van der Waals surface area (Å²) in [5.74, 6) is 1.11. The summed E-state index contributed by atoms with van der Waals surface area (Å²) in [6.07, 6.45) is 11.0. The average Bonchev–Trinajstić information content (AvgIpc) is 3.18. The third-order valence-electron chi connectivity index (χ3n) is 5.19. The number of hydrogen-bond acceptors (Lipinski definition) is 4. The lowest BCUT2D eigenvalue weighted by atomic mass is 10.0. The smallest absolute Gasteiger partial charge is 0.128 e. The molecular formula is C19H24N4. The molecule has 2 aromatic rings. The molecule has 2 saturated heterocycles. The third kappa shape index (κ3) is 3.22. The van der Waals surface area contributed by atoms with Gasteiger partial charge in [0.05, 0.1) is 0 Å². The Labute approximate surface area is 138 Å². The number of aromatic nitrogens is 2. The van der Waals surface area contributed by atoms with Crippen LogP contribution in [0, 0.1) is 0 Å². The second-order valence-corrected chi connectivity index (χ2v) is 6.61. The van der Waals surface area contributed by atoms with Gasteiger partial charge < -0.3 is 9.80 Å². The number of hydrogen-bond donors (Lipinski definition) is 0. The van der Waals surface area contributed by atoms with Crippen LogP contribution in [-0.2, 0) is 0 Å². The first-order chi connectivity index (χ1) is 11.4. The molecule has 4 rings (SSSR count). The van der Waals surface area contributed by atoms with Gasteiger partial charge in [-0.05, 0) is 57.0 Å². The molecule has 0 unspecified atom stereocenters. The Morgan fingerprint density at radius 2 is 1.65 bits per heavy atom. The van der Waals surface area contributed by atoms with Gasteiger partial charge in [0.25, 0.3) is 0 Å². The number of anilines is 1. The second kappa shape index (κ2) is 6.67. The average molecular weight is 308 g/mol. The van der Waals surface area contributed by atoms with Crippen molar-refractivity contribution in [1.82, 2.24) is 14.9 Å². The summed E-state index contributed by atoms with van der Waals surface area (Å²) < 4.78 is 0. The maximum atomic E-state index is 4.69. The van der Waals surface area contributed by atoms with E-state index in [0.29, 0.717) is 0 Å². The van der Waals surface area contributed by atoms with Gasteiger partial charge in [0.2, 0.25) is 0 Å². The molecule has 23 heavy (non-hydrogen) atoms. The molecule has 4 heteroatoms. The van der Waals surface area contributed by atoms with Crippen LogP contribution in [0.25, 0.3) is 11.1 Å². The molecule has 0 amide bonds. The molecule has 2 aromatic heterocycles. The van der Waals surface area contributed by atoms with Crippen molar-refractivity contribution in [3.8, 4) is 11.1 Å². The Hall–Kier alpha value is -1.94. The molecular weight excluding hydrogens is 284 g/mol. The first kappa shape index (κ1) is 14.6. The summed E-state index contributed by atoms with van der Waals surface area (Å²) >= 11 is 0. The zero-order valence-corrected chi connectivity index (χ0v) is 13.6. The van der Waals surface area contributed by atoms with Gasteiger partial charge in [-0.2, -0.15) is 0 Å². The van der Waals surface area contributed by atoms with Crippen molar-refractivity contribution in [2.75, 3.05) is 31.1 Å². The standard InChI is InChI=1S/C19H24N4/c1-2-11-22(10-1)18-7-12-23(13-8-18)19-6-5-17(15-21-19)16-4-3-9-20-14-16/h3-6,9,14-15,18H,1-2,7-8,10-13H2. The zero-order valence-electron chi connectivity index (χ0n) is 13.6. The molecule has 4 heterocycles. The number of nitrogens with zero attached hydrogens (tertiary/aromatic N) is 4. The minimum absolute atomic E-state index is 0.795. The van der Waals surface area contributed by atoms with Crippen molar-refractivity contribution in [2.45, 2.75) is 31.7 Å². The van der Waals surface area contributed by atoms with Gasteiger partial charge in [-0.15, -0.1) is 0 Å². The predicted octanol–water partition coefficient (Wildman–Crippen LogP) is 3.21. The Morgan fingerprint density at radius 1 is 0.870 bits per heavy atom. The highest BCUT2D eigenvalue weighted by Gasteiger charge is 2.26. The first-order valence-corrected chi connectivity index (χ1v) is 8.75. The topological polar surface area (TPSA) is 32.3 Å². The Bertz CT molecular complexity index is 612. The Morgan fingerprint density at radius 3 is 2.30 bits per heavy atom. The fourth-order valence-electron chi connectivity index (χ4n) is 3.84. The van der Waals surface area contributed by atoms with Gasteiger partial charge in [0.1, 0.15) is 5.82 Å². The van der Waals surface area contributed by atoms with Crippen molar-refractivity contribution in [2.24, 2.45) is 0 Å². The molecule has 4 nitrogen and oxygen atoms in total. The molecule has 2 aliphatic rings. The lowest BCUT2D eigenvalue weighted by Gasteiger charge is -2.37. The summed E-state index contributed by atoms with van der Waals surface area (Å²) in [6.45, 7) is 4.87. The monoisotopic (exact) mass is 308 g/mol. The van der Waals surface area contributed by atoms with Crippen molar-refractivity contribution in [3.63, 3.8) is 0 Å². The van der Waals surface area contributed by atoms with Crippen molar-refractivity contribution < 1.29 is 0 Å². The van der Waals surface area contributed by atoms with Crippen LogP contribution < -0.4 is 4.90 Å². The lowest BCUT2D eigenvalue weighted by molar-refractivity contribution is 0.207. The molecule has 0 bridgehead atoms. The minimum atomic E-state index is 0.795. The third-order valence-corrected chi connectivity index (χ3v) is 5.19. The lowest BCUT2D eigenvalue weighted by Crippen LogP contribution is -2.44. The highest BCUT2D eigenvalue weighted by molar-refractivity contribution is 5.62. The predicted molar refractivity (Wildman–Crippen MR) is 93.5 cm³/mol. The van der Waals surface area contributed by atoms with E-state index in [1.54, 1.807) is 6.20 Å². The first-order valence-electron chi connectivity index (χ1n) is 8.75. The number of pyridine rings is 2. The van der Waals surface area contributed by atoms with Crippen LogP contribution in [0.15, 0.2) is 42.9 Å². The second-order valence-electron chi connectivity index (χ2n) is 6.61. The summed E-state index contributed by atoms with van der Waals surface area (Å²) in [7, 11) is 0. The van der Waals surface area contributed by atoms with E-state index in [0.717, 1.165) is 36.1 Å². The fraction of sp³-hybridized carbons (Fsp3) is 0.474. The maximum absolute atomic E-state index is 4.69. The largest absolute Gasteiger partial charge is 0.357 e. The molecule has 0 aromatic carbocycles. The van der Waals surface area contributed by atoms with E-state index in [2.05, 4.69) is 38.0 Å². The fourth-order valence-corrected chi connectivity index (χ4v) is 3.84. The normalized spacial score (nSPS) is 20.1. The highest BCUT2D eigenvalue weighted by atomic mass is 15.2. The van der Waals surface area contributed by atoms with E-state index in [9.17, 15) is 0 Å². The van der Waals surface area contributed by atoms with Gasteiger partial charge >= 0.3 is 0 Å². The highest BCUT2D eigenvalue weighted by Crippen LogP contribution is 2.25. The molecule has 0 radical (unpaired) electrons. The van der Waals surface area contributed by atoms with Crippen molar-refractivity contribution in [1.29, 1.82) is 0 Å². The van der Waals surface area contributed by atoms with Crippen LogP contribution in [0.5, 0.6) is 0 Å². The van der Waals surface area contributed by atoms with Gasteiger partial charge in [-0.1, -0.05) is 6.07 Å². The van der Waals surface area contributed by atoms with E-state index < -0.39 is 0 Å². The number of piperidine rings is 1. The number of likely N-dealkylation sites (tertiary alicyclic amines) is 1. The van der Waals surface area contributed by atoms with Gasteiger partial charge in [-0.25, -0.2) is 4.98 Å². The van der Waals surface area contributed by atoms with Crippen LogP contribution in [-0.4, -0.2) is 47.1 Å². The Kier molecular flexibility index (Phi) is 4.24. The van der Waals surface area contributed by atoms with Crippen LogP contribution in [0.4, 0.5) is 5.82 Å². The number of rotatable bonds is 3. The van der Waals surface area contributed by atoms with Gasteiger partial charge in [0.15, 0.2) is 0 Å². The van der Waals surface area contributed by atoms with Crippen LogP contribution in [0.3, 0.4) is 0 Å². The minimum Gasteiger partial charge on any atom is -0.357 e. The van der Waals surface area contributed by atoms with E-state index in [1.807, 2.05) is 18.5 Å². The molecule has 0 atom stereocenters. The zero-order chi connectivity index (χ0) is 15.5. The van der Waals surface area contributed by atoms with E-state index in [4.69, 9.17) is 0 Å². The molecule has 2 aliphatic heterocycles. The molecule has 2 fully saturated rings. The Balaban J connectivity index is 1.39. The van der Waals surface area contributed by atoms with Crippen LogP contribution in [0.2, 0.25) is 0 Å². The molecule has 120 valence electrons. The quantitative estimate of drug-likeness (QED) is 0.871. The molecule has 0 saturated carbocycles.